The maximum absolute atomic E-state index is 11.3. The van der Waals surface area contributed by atoms with Crippen molar-refractivity contribution in [3.05, 3.63) is 70.4 Å². The lowest BCUT2D eigenvalue weighted by atomic mass is 10.1. The maximum atomic E-state index is 11.3. The van der Waals surface area contributed by atoms with Crippen molar-refractivity contribution in [3.63, 3.8) is 0 Å². The van der Waals surface area contributed by atoms with E-state index in [2.05, 4.69) is 47.2 Å². The molecule has 0 unspecified atom stereocenters. The molecule has 5 aromatic rings. The van der Waals surface area contributed by atoms with E-state index in [4.69, 9.17) is 0 Å². The predicted molar refractivity (Wildman–Crippen MR) is 149 cm³/mol. The van der Waals surface area contributed by atoms with Gasteiger partial charge in [0.05, 0.1) is 0 Å². The van der Waals surface area contributed by atoms with Crippen LogP contribution in [0, 0.1) is 0 Å². The summed E-state index contributed by atoms with van der Waals surface area (Å²) in [5.74, 6) is -1.59. The van der Waals surface area contributed by atoms with Crippen molar-refractivity contribution in [2.45, 2.75) is 25.7 Å². The Balaban J connectivity index is 1.52. The molecule has 0 atom stereocenters. The van der Waals surface area contributed by atoms with E-state index in [1.165, 1.54) is 9.75 Å². The monoisotopic (exact) mass is 556 g/mol. The second-order valence-corrected chi connectivity index (χ2v) is 12.9. The molecule has 0 aliphatic rings. The van der Waals surface area contributed by atoms with Crippen molar-refractivity contribution in [2.75, 3.05) is 0 Å². The van der Waals surface area contributed by atoms with Crippen LogP contribution in [0.3, 0.4) is 0 Å². The number of carboxylic acids is 2. The van der Waals surface area contributed by atoms with Crippen LogP contribution < -0.4 is 0 Å². The molecule has 0 aliphatic heterocycles. The Morgan fingerprint density at radius 3 is 1.43 bits per heavy atom. The predicted octanol–water partition coefficient (Wildman–Crippen LogP) is 8.70. The molecular formula is C26H20O4S5. The Labute approximate surface area is 222 Å². The minimum absolute atomic E-state index is 0.0975. The SMILES string of the molecule is O=C(O)CCc1cc(-c2cccs2)sc1-c1ccc(-c2sc(-c3cccs3)cc2CCC(=O)O)s1. The number of carboxylic acid groups (broad SMARTS) is 2. The molecule has 5 rings (SSSR count). The van der Waals surface area contributed by atoms with Crippen molar-refractivity contribution >= 4 is 68.6 Å². The van der Waals surface area contributed by atoms with Gasteiger partial charge >= 0.3 is 11.9 Å². The lowest BCUT2D eigenvalue weighted by Crippen LogP contribution is -1.97. The first-order valence-corrected chi connectivity index (χ1v) is 15.1. The quantitative estimate of drug-likeness (QED) is 0.180. The van der Waals surface area contributed by atoms with Gasteiger partial charge in [0, 0.05) is 51.9 Å². The average Bonchev–Trinajstić information content (AvgIpc) is 3.66. The first kappa shape index (κ1) is 24.1. The summed E-state index contributed by atoms with van der Waals surface area (Å²) in [6, 6.07) is 16.7. The van der Waals surface area contributed by atoms with Gasteiger partial charge in [-0.1, -0.05) is 12.1 Å². The van der Waals surface area contributed by atoms with E-state index >= 15 is 0 Å². The van der Waals surface area contributed by atoms with Gasteiger partial charge in [0.1, 0.15) is 0 Å². The van der Waals surface area contributed by atoms with Gasteiger partial charge in [-0.3, -0.25) is 9.59 Å². The number of hydrogen-bond acceptors (Lipinski definition) is 7. The molecule has 0 radical (unpaired) electrons. The normalized spacial score (nSPS) is 11.2. The maximum Gasteiger partial charge on any atom is 0.303 e. The summed E-state index contributed by atoms with van der Waals surface area (Å²) in [6.45, 7) is 0. The smallest absolute Gasteiger partial charge is 0.303 e. The number of thiophene rings is 5. The summed E-state index contributed by atoms with van der Waals surface area (Å²) >= 11 is 8.47. The van der Waals surface area contributed by atoms with Crippen molar-refractivity contribution in [2.24, 2.45) is 0 Å². The number of hydrogen-bond donors (Lipinski definition) is 2. The Morgan fingerprint density at radius 2 is 1.06 bits per heavy atom. The molecule has 0 bridgehead atoms. The van der Waals surface area contributed by atoms with Gasteiger partial charge in [0.15, 0.2) is 0 Å². The van der Waals surface area contributed by atoms with E-state index in [-0.39, 0.29) is 12.8 Å². The summed E-state index contributed by atoms with van der Waals surface area (Å²) in [5, 5.41) is 22.6. The molecule has 0 saturated heterocycles. The third kappa shape index (κ3) is 5.49. The van der Waals surface area contributed by atoms with Gasteiger partial charge in [-0.25, -0.2) is 0 Å². The zero-order chi connectivity index (χ0) is 24.4. The fraction of sp³-hybridized carbons (Fsp3) is 0.154. The number of carbonyl (C=O) groups is 2. The summed E-state index contributed by atoms with van der Waals surface area (Å²) in [7, 11) is 0. The third-order valence-electron chi connectivity index (χ3n) is 5.42. The molecule has 178 valence electrons. The standard InChI is InChI=1S/C26H20O4S5/c27-23(28)9-5-15-13-21(17-3-1-11-31-17)34-25(15)19-7-8-20(33-19)26-16(6-10-24(29)30)14-22(35-26)18-4-2-12-32-18/h1-4,7-8,11-14H,5-6,9-10H2,(H,27,28)(H,29,30). The van der Waals surface area contributed by atoms with Crippen LogP contribution in [0.4, 0.5) is 0 Å². The molecule has 4 nitrogen and oxygen atoms in total. The lowest BCUT2D eigenvalue weighted by molar-refractivity contribution is -0.138. The highest BCUT2D eigenvalue weighted by Crippen LogP contribution is 2.47. The number of aryl methyl sites for hydroxylation is 2. The Bertz CT molecular complexity index is 1340. The molecule has 0 aliphatic carbocycles. The summed E-state index contributed by atoms with van der Waals surface area (Å²) in [4.78, 5) is 31.7. The van der Waals surface area contributed by atoms with E-state index in [0.29, 0.717) is 12.8 Å². The van der Waals surface area contributed by atoms with E-state index in [1.807, 2.05) is 12.1 Å². The average molecular weight is 557 g/mol. The van der Waals surface area contributed by atoms with Crippen molar-refractivity contribution in [3.8, 4) is 39.0 Å². The highest BCUT2D eigenvalue weighted by atomic mass is 32.1. The second-order valence-electron chi connectivity index (χ2n) is 7.84. The van der Waals surface area contributed by atoms with Crippen LogP contribution in [0.25, 0.3) is 39.0 Å². The molecule has 0 amide bonds. The largest absolute Gasteiger partial charge is 0.481 e. The lowest BCUT2D eigenvalue weighted by Gasteiger charge is -2.01. The van der Waals surface area contributed by atoms with Gasteiger partial charge in [-0.15, -0.1) is 56.7 Å². The topological polar surface area (TPSA) is 74.6 Å². The van der Waals surface area contributed by atoms with Gasteiger partial charge in [0.2, 0.25) is 0 Å². The molecule has 5 heterocycles. The van der Waals surface area contributed by atoms with Crippen LogP contribution >= 0.6 is 56.7 Å². The minimum Gasteiger partial charge on any atom is -0.481 e. The molecule has 35 heavy (non-hydrogen) atoms. The fourth-order valence-corrected chi connectivity index (χ4v) is 9.16. The number of aliphatic carboxylic acids is 2. The van der Waals surface area contributed by atoms with E-state index < -0.39 is 11.9 Å². The fourth-order valence-electron chi connectivity index (χ4n) is 3.79. The van der Waals surface area contributed by atoms with Gasteiger partial charge in [0.25, 0.3) is 0 Å². The van der Waals surface area contributed by atoms with Crippen molar-refractivity contribution in [1.29, 1.82) is 0 Å². The van der Waals surface area contributed by atoms with E-state index in [1.54, 1.807) is 56.7 Å². The molecule has 0 saturated carbocycles. The van der Waals surface area contributed by atoms with Crippen LogP contribution in [0.1, 0.15) is 24.0 Å². The van der Waals surface area contributed by atoms with E-state index in [0.717, 1.165) is 40.4 Å². The molecule has 2 N–H and O–H groups in total. The summed E-state index contributed by atoms with van der Waals surface area (Å²) in [6.07, 6.45) is 1.18. The third-order valence-corrected chi connectivity index (χ3v) is 11.3. The first-order valence-electron chi connectivity index (χ1n) is 10.9. The first-order chi connectivity index (χ1) is 17.0. The summed E-state index contributed by atoms with van der Waals surface area (Å²) in [5.41, 5.74) is 2.12. The highest BCUT2D eigenvalue weighted by molar-refractivity contribution is 7.29. The molecule has 0 fully saturated rings. The van der Waals surface area contributed by atoms with Crippen LogP contribution in [0.2, 0.25) is 0 Å². The molecular weight excluding hydrogens is 537 g/mol. The zero-order valence-electron chi connectivity index (χ0n) is 18.4. The Morgan fingerprint density at radius 1 is 0.600 bits per heavy atom. The van der Waals surface area contributed by atoms with Gasteiger partial charge < -0.3 is 10.2 Å². The Hall–Kier alpha value is -2.56. The number of rotatable bonds is 10. The van der Waals surface area contributed by atoms with Crippen LogP contribution in [-0.2, 0) is 22.4 Å². The van der Waals surface area contributed by atoms with Gasteiger partial charge in [-0.05, 0) is 71.1 Å². The minimum atomic E-state index is -0.797. The molecule has 0 aromatic carbocycles. The summed E-state index contributed by atoms with van der Waals surface area (Å²) < 4.78 is 0. The highest BCUT2D eigenvalue weighted by Gasteiger charge is 2.19. The van der Waals surface area contributed by atoms with Crippen molar-refractivity contribution in [1.82, 2.24) is 0 Å². The van der Waals surface area contributed by atoms with Crippen LogP contribution in [-0.4, -0.2) is 22.2 Å². The van der Waals surface area contributed by atoms with Gasteiger partial charge in [-0.2, -0.15) is 0 Å². The second kappa shape index (κ2) is 10.6. The van der Waals surface area contributed by atoms with Crippen LogP contribution in [0.15, 0.2) is 59.3 Å². The van der Waals surface area contributed by atoms with E-state index in [9.17, 15) is 19.8 Å². The Kier molecular flexibility index (Phi) is 7.31. The zero-order valence-corrected chi connectivity index (χ0v) is 22.4. The molecule has 5 aromatic heterocycles. The molecule has 0 spiro atoms. The van der Waals surface area contributed by atoms with Crippen molar-refractivity contribution < 1.29 is 19.8 Å². The van der Waals surface area contributed by atoms with Crippen LogP contribution in [0.5, 0.6) is 0 Å². The molecule has 9 heteroatoms.